The van der Waals surface area contributed by atoms with Crippen LogP contribution >= 0.6 is 0 Å². The molecule has 0 bridgehead atoms. The Bertz CT molecular complexity index is 603. The summed E-state index contributed by atoms with van der Waals surface area (Å²) in [6.45, 7) is 4.46. The van der Waals surface area contributed by atoms with Crippen LogP contribution in [0.5, 0.6) is 0 Å². The molecule has 0 aliphatic heterocycles. The first-order valence-corrected chi connectivity index (χ1v) is 6.69. The van der Waals surface area contributed by atoms with Gasteiger partial charge in [0.25, 0.3) is 0 Å². The zero-order valence-electron chi connectivity index (χ0n) is 12.4. The molecule has 2 rings (SSSR count). The Morgan fingerprint density at radius 3 is 2.76 bits per heavy atom. The van der Waals surface area contributed by atoms with E-state index in [1.807, 2.05) is 26.0 Å². The van der Waals surface area contributed by atoms with Crippen LogP contribution in [0.3, 0.4) is 0 Å². The standard InChI is InChI=1S/C14H20N4O3/c1-9-6-11(21-18-9)7-16-14(15-3)17-8-12(19)13-5-4-10(2)20-13/h4-6,12,19H,7-8H2,1-3H3,(H2,15,16,17). The number of aliphatic hydroxyl groups excluding tert-OH is 1. The van der Waals surface area contributed by atoms with E-state index in [1.54, 1.807) is 13.1 Å². The average molecular weight is 292 g/mol. The average Bonchev–Trinajstić information content (AvgIpc) is 3.07. The number of guanidine groups is 1. The predicted molar refractivity (Wildman–Crippen MR) is 77.8 cm³/mol. The summed E-state index contributed by atoms with van der Waals surface area (Å²) in [6.07, 6.45) is -0.732. The maximum absolute atomic E-state index is 10.00. The van der Waals surface area contributed by atoms with Crippen molar-refractivity contribution >= 4 is 5.96 Å². The molecule has 2 aromatic rings. The molecule has 0 aromatic carbocycles. The first-order chi connectivity index (χ1) is 10.1. The summed E-state index contributed by atoms with van der Waals surface area (Å²) in [5.74, 6) is 2.58. The van der Waals surface area contributed by atoms with E-state index in [-0.39, 0.29) is 0 Å². The van der Waals surface area contributed by atoms with Gasteiger partial charge in [0.1, 0.15) is 17.6 Å². The van der Waals surface area contributed by atoms with Crippen molar-refractivity contribution in [1.29, 1.82) is 0 Å². The van der Waals surface area contributed by atoms with Crippen molar-refractivity contribution in [2.24, 2.45) is 4.99 Å². The van der Waals surface area contributed by atoms with Gasteiger partial charge in [0, 0.05) is 13.1 Å². The minimum Gasteiger partial charge on any atom is -0.464 e. The van der Waals surface area contributed by atoms with Gasteiger partial charge in [-0.15, -0.1) is 0 Å². The number of hydrogen-bond acceptors (Lipinski definition) is 5. The maximum Gasteiger partial charge on any atom is 0.191 e. The molecule has 21 heavy (non-hydrogen) atoms. The highest BCUT2D eigenvalue weighted by Crippen LogP contribution is 2.14. The number of furan rings is 1. The quantitative estimate of drug-likeness (QED) is 0.567. The number of aliphatic hydroxyl groups is 1. The third-order valence-corrected chi connectivity index (χ3v) is 2.88. The Balaban J connectivity index is 1.80. The highest BCUT2D eigenvalue weighted by Gasteiger charge is 2.12. The van der Waals surface area contributed by atoms with Gasteiger partial charge in [0.15, 0.2) is 11.7 Å². The largest absolute Gasteiger partial charge is 0.464 e. The van der Waals surface area contributed by atoms with E-state index in [1.165, 1.54) is 0 Å². The van der Waals surface area contributed by atoms with Crippen molar-refractivity contribution in [2.45, 2.75) is 26.5 Å². The molecule has 0 aliphatic rings. The molecule has 1 unspecified atom stereocenters. The molecule has 0 spiro atoms. The Morgan fingerprint density at radius 1 is 1.38 bits per heavy atom. The van der Waals surface area contributed by atoms with E-state index in [4.69, 9.17) is 8.94 Å². The summed E-state index contributed by atoms with van der Waals surface area (Å²) in [4.78, 5) is 4.07. The summed E-state index contributed by atoms with van der Waals surface area (Å²) < 4.78 is 10.5. The topological polar surface area (TPSA) is 95.8 Å². The lowest BCUT2D eigenvalue weighted by atomic mass is 10.3. The van der Waals surface area contributed by atoms with Crippen LogP contribution in [0.2, 0.25) is 0 Å². The molecule has 0 saturated carbocycles. The predicted octanol–water partition coefficient (Wildman–Crippen LogP) is 1.28. The first kappa shape index (κ1) is 15.1. The number of nitrogens with zero attached hydrogens (tertiary/aromatic N) is 2. The van der Waals surface area contributed by atoms with E-state index in [2.05, 4.69) is 20.8 Å². The van der Waals surface area contributed by atoms with Crippen molar-refractivity contribution < 1.29 is 14.0 Å². The van der Waals surface area contributed by atoms with Crippen molar-refractivity contribution in [3.8, 4) is 0 Å². The molecule has 0 fully saturated rings. The van der Waals surface area contributed by atoms with E-state index >= 15 is 0 Å². The zero-order valence-corrected chi connectivity index (χ0v) is 12.4. The fraction of sp³-hybridized carbons (Fsp3) is 0.429. The fourth-order valence-electron chi connectivity index (χ4n) is 1.82. The maximum atomic E-state index is 10.00. The van der Waals surface area contributed by atoms with Crippen LogP contribution in [0.4, 0.5) is 0 Å². The lowest BCUT2D eigenvalue weighted by Gasteiger charge is -2.13. The van der Waals surface area contributed by atoms with Gasteiger partial charge >= 0.3 is 0 Å². The summed E-state index contributed by atoms with van der Waals surface area (Å²) in [5, 5.41) is 19.9. The smallest absolute Gasteiger partial charge is 0.191 e. The summed E-state index contributed by atoms with van der Waals surface area (Å²) >= 11 is 0. The van der Waals surface area contributed by atoms with Gasteiger partial charge in [-0.3, -0.25) is 4.99 Å². The molecule has 0 aliphatic carbocycles. The SMILES string of the molecule is CN=C(NCc1cc(C)no1)NCC(O)c1ccc(C)o1. The number of hydrogen-bond donors (Lipinski definition) is 3. The van der Waals surface area contributed by atoms with Gasteiger partial charge in [0.05, 0.1) is 18.8 Å². The van der Waals surface area contributed by atoms with Crippen LogP contribution in [0.15, 0.2) is 32.1 Å². The molecule has 114 valence electrons. The van der Waals surface area contributed by atoms with Crippen LogP contribution in [0.25, 0.3) is 0 Å². The molecule has 2 aromatic heterocycles. The lowest BCUT2D eigenvalue weighted by molar-refractivity contribution is 0.151. The molecule has 2 heterocycles. The van der Waals surface area contributed by atoms with Crippen molar-refractivity contribution in [1.82, 2.24) is 15.8 Å². The van der Waals surface area contributed by atoms with Crippen molar-refractivity contribution in [3.05, 3.63) is 41.2 Å². The van der Waals surface area contributed by atoms with Gasteiger partial charge in [-0.25, -0.2) is 0 Å². The summed E-state index contributed by atoms with van der Waals surface area (Å²) in [7, 11) is 1.66. The fourth-order valence-corrected chi connectivity index (χ4v) is 1.82. The second-order valence-corrected chi connectivity index (χ2v) is 4.71. The highest BCUT2D eigenvalue weighted by molar-refractivity contribution is 5.79. The van der Waals surface area contributed by atoms with Crippen LogP contribution < -0.4 is 10.6 Å². The Kier molecular flexibility index (Phi) is 4.99. The van der Waals surface area contributed by atoms with Crippen LogP contribution in [-0.2, 0) is 6.54 Å². The molecular formula is C14H20N4O3. The Morgan fingerprint density at radius 2 is 2.19 bits per heavy atom. The van der Waals surface area contributed by atoms with E-state index in [0.717, 1.165) is 17.2 Å². The second kappa shape index (κ2) is 6.94. The molecule has 3 N–H and O–H groups in total. The van der Waals surface area contributed by atoms with E-state index in [9.17, 15) is 5.11 Å². The van der Waals surface area contributed by atoms with Gasteiger partial charge in [-0.05, 0) is 26.0 Å². The molecule has 0 amide bonds. The normalized spacial score (nSPS) is 13.2. The number of aliphatic imine (C=N–C) groups is 1. The molecular weight excluding hydrogens is 272 g/mol. The van der Waals surface area contributed by atoms with Crippen molar-refractivity contribution in [2.75, 3.05) is 13.6 Å². The monoisotopic (exact) mass is 292 g/mol. The van der Waals surface area contributed by atoms with Gasteiger partial charge in [-0.1, -0.05) is 5.16 Å². The summed E-state index contributed by atoms with van der Waals surface area (Å²) in [5.41, 5.74) is 0.832. The second-order valence-electron chi connectivity index (χ2n) is 4.71. The van der Waals surface area contributed by atoms with Crippen LogP contribution in [0.1, 0.15) is 29.1 Å². The molecule has 1 atom stereocenters. The number of nitrogens with one attached hydrogen (secondary N) is 2. The minimum absolute atomic E-state index is 0.294. The van der Waals surface area contributed by atoms with E-state index in [0.29, 0.717) is 24.8 Å². The summed E-state index contributed by atoms with van der Waals surface area (Å²) in [6, 6.07) is 5.42. The minimum atomic E-state index is -0.732. The number of aromatic nitrogens is 1. The van der Waals surface area contributed by atoms with Crippen LogP contribution in [-0.4, -0.2) is 29.8 Å². The lowest BCUT2D eigenvalue weighted by Crippen LogP contribution is -2.38. The Hall–Kier alpha value is -2.28. The van der Waals surface area contributed by atoms with Gasteiger partial charge in [-0.2, -0.15) is 0 Å². The molecule has 7 nitrogen and oxygen atoms in total. The Labute approximate surface area is 123 Å². The molecule has 7 heteroatoms. The number of aryl methyl sites for hydroxylation is 2. The van der Waals surface area contributed by atoms with Gasteiger partial charge in [0.2, 0.25) is 0 Å². The highest BCUT2D eigenvalue weighted by atomic mass is 16.5. The first-order valence-electron chi connectivity index (χ1n) is 6.69. The number of rotatable bonds is 5. The van der Waals surface area contributed by atoms with Crippen molar-refractivity contribution in [3.63, 3.8) is 0 Å². The van der Waals surface area contributed by atoms with Gasteiger partial charge < -0.3 is 24.7 Å². The molecule has 0 radical (unpaired) electrons. The van der Waals surface area contributed by atoms with E-state index < -0.39 is 6.10 Å². The van der Waals surface area contributed by atoms with Crippen LogP contribution in [0, 0.1) is 13.8 Å². The third kappa shape index (κ3) is 4.35. The molecule has 0 saturated heterocycles. The zero-order chi connectivity index (χ0) is 15.2. The third-order valence-electron chi connectivity index (χ3n) is 2.88.